The Morgan fingerprint density at radius 1 is 1.27 bits per heavy atom. The molecular weight excluding hydrogens is 329 g/mol. The molecule has 0 amide bonds. The Morgan fingerprint density at radius 3 is 2.32 bits per heavy atom. The molecule has 0 spiro atoms. The van der Waals surface area contributed by atoms with Gasteiger partial charge in [-0.2, -0.15) is 13.2 Å². The molecule has 0 saturated carbocycles. The Kier molecular flexibility index (Phi) is 5.07. The van der Waals surface area contributed by atoms with E-state index in [9.17, 15) is 36.0 Å². The summed E-state index contributed by atoms with van der Waals surface area (Å²) in [6, 6.07) is 1.65. The Hall–Kier alpha value is -2.23. The van der Waals surface area contributed by atoms with Crippen molar-refractivity contribution in [3.05, 3.63) is 29.3 Å². The van der Waals surface area contributed by atoms with Gasteiger partial charge in [-0.3, -0.25) is 4.79 Å². The second-order valence-corrected chi connectivity index (χ2v) is 6.13. The maximum atomic E-state index is 12.9. The lowest BCUT2D eigenvalue weighted by atomic mass is 10.1. The molecule has 0 saturated heterocycles. The third-order valence-corrected chi connectivity index (χ3v) is 3.51. The van der Waals surface area contributed by atoms with E-state index >= 15 is 0 Å². The van der Waals surface area contributed by atoms with Gasteiger partial charge in [0, 0.05) is 6.26 Å². The third kappa shape index (κ3) is 4.38. The SMILES string of the molecule is CS(=O)(=O)c1ccc(C(=O)OC(=O)CC=O)c(C(F)(F)F)c1. The quantitative estimate of drug-likeness (QED) is 0.468. The molecule has 0 aliphatic heterocycles. The van der Waals surface area contributed by atoms with E-state index < -0.39 is 50.4 Å². The zero-order chi connectivity index (χ0) is 17.1. The molecule has 120 valence electrons. The number of carbonyl (C=O) groups is 3. The van der Waals surface area contributed by atoms with Crippen LogP contribution in [-0.2, 0) is 30.3 Å². The van der Waals surface area contributed by atoms with Crippen LogP contribution < -0.4 is 0 Å². The summed E-state index contributed by atoms with van der Waals surface area (Å²) in [5, 5.41) is 0. The van der Waals surface area contributed by atoms with Crippen LogP contribution in [0.3, 0.4) is 0 Å². The first-order valence-corrected chi connectivity index (χ1v) is 7.46. The minimum Gasteiger partial charge on any atom is -0.389 e. The smallest absolute Gasteiger partial charge is 0.389 e. The molecule has 0 fully saturated rings. The molecule has 0 N–H and O–H groups in total. The lowest BCUT2D eigenvalue weighted by molar-refractivity contribution is -0.142. The first-order valence-electron chi connectivity index (χ1n) is 5.56. The number of hydrogen-bond donors (Lipinski definition) is 0. The molecule has 0 aliphatic rings. The monoisotopic (exact) mass is 338 g/mol. The molecule has 0 radical (unpaired) electrons. The van der Waals surface area contributed by atoms with Crippen molar-refractivity contribution in [1.29, 1.82) is 0 Å². The van der Waals surface area contributed by atoms with Gasteiger partial charge >= 0.3 is 18.1 Å². The van der Waals surface area contributed by atoms with Gasteiger partial charge in [0.05, 0.1) is 16.0 Å². The number of sulfone groups is 1. The maximum Gasteiger partial charge on any atom is 0.417 e. The van der Waals surface area contributed by atoms with Gasteiger partial charge in [0.2, 0.25) is 0 Å². The van der Waals surface area contributed by atoms with Crippen molar-refractivity contribution in [2.24, 2.45) is 0 Å². The summed E-state index contributed by atoms with van der Waals surface area (Å²) in [5.74, 6) is -2.94. The van der Waals surface area contributed by atoms with Crippen LogP contribution in [0.1, 0.15) is 22.3 Å². The minimum absolute atomic E-state index is 0.118. The van der Waals surface area contributed by atoms with Crippen molar-refractivity contribution in [3.63, 3.8) is 0 Å². The van der Waals surface area contributed by atoms with Crippen LogP contribution in [0.2, 0.25) is 0 Å². The van der Waals surface area contributed by atoms with Gasteiger partial charge in [-0.05, 0) is 18.2 Å². The maximum absolute atomic E-state index is 12.9. The van der Waals surface area contributed by atoms with Gasteiger partial charge in [-0.25, -0.2) is 13.2 Å². The van der Waals surface area contributed by atoms with Gasteiger partial charge in [-0.15, -0.1) is 0 Å². The van der Waals surface area contributed by atoms with E-state index in [0.717, 1.165) is 6.07 Å². The Morgan fingerprint density at radius 2 is 1.86 bits per heavy atom. The zero-order valence-corrected chi connectivity index (χ0v) is 11.8. The molecule has 1 aromatic rings. The summed E-state index contributed by atoms with van der Waals surface area (Å²) in [6.45, 7) is 0. The fourth-order valence-electron chi connectivity index (χ4n) is 1.43. The fraction of sp³-hybridized carbons (Fsp3) is 0.250. The van der Waals surface area contributed by atoms with E-state index in [1.54, 1.807) is 0 Å². The summed E-state index contributed by atoms with van der Waals surface area (Å²) in [5.41, 5.74) is -2.58. The summed E-state index contributed by atoms with van der Waals surface area (Å²) >= 11 is 0. The number of benzene rings is 1. The van der Waals surface area contributed by atoms with E-state index in [0.29, 0.717) is 12.3 Å². The molecule has 0 atom stereocenters. The van der Waals surface area contributed by atoms with E-state index in [1.165, 1.54) is 0 Å². The number of alkyl halides is 3. The molecule has 0 bridgehead atoms. The van der Waals surface area contributed by atoms with Crippen LogP contribution in [0.15, 0.2) is 23.1 Å². The van der Waals surface area contributed by atoms with Crippen LogP contribution in [-0.4, -0.2) is 32.9 Å². The lowest BCUT2D eigenvalue weighted by Crippen LogP contribution is -2.19. The standard InChI is InChI=1S/C12H9F3O6S/c1-22(19,20)7-2-3-8(9(6-7)12(13,14)15)11(18)21-10(17)4-5-16/h2-3,5-6H,4H2,1H3. The highest BCUT2D eigenvalue weighted by molar-refractivity contribution is 7.90. The normalized spacial score (nSPS) is 11.8. The molecular formula is C12H9F3O6S. The van der Waals surface area contributed by atoms with Crippen molar-refractivity contribution < 1.29 is 40.7 Å². The van der Waals surface area contributed by atoms with E-state index in [2.05, 4.69) is 4.74 Å². The van der Waals surface area contributed by atoms with Crippen LogP contribution in [0.25, 0.3) is 0 Å². The van der Waals surface area contributed by atoms with Gasteiger partial charge in [0.15, 0.2) is 9.84 Å². The number of rotatable bonds is 4. The Balaban J connectivity index is 3.33. The van der Waals surface area contributed by atoms with Crippen LogP contribution in [0.4, 0.5) is 13.2 Å². The lowest BCUT2D eigenvalue weighted by Gasteiger charge is -2.13. The molecule has 6 nitrogen and oxygen atoms in total. The number of carbonyl (C=O) groups excluding carboxylic acids is 3. The van der Waals surface area contributed by atoms with Crippen molar-refractivity contribution in [3.8, 4) is 0 Å². The average molecular weight is 338 g/mol. The molecule has 0 aliphatic carbocycles. The topological polar surface area (TPSA) is 94.6 Å². The summed E-state index contributed by atoms with van der Waals surface area (Å²) in [7, 11) is -3.93. The Bertz CT molecular complexity index is 721. The second-order valence-electron chi connectivity index (χ2n) is 4.11. The van der Waals surface area contributed by atoms with Crippen molar-refractivity contribution in [2.45, 2.75) is 17.5 Å². The van der Waals surface area contributed by atoms with Crippen molar-refractivity contribution in [1.82, 2.24) is 0 Å². The molecule has 1 aromatic carbocycles. The first-order chi connectivity index (χ1) is 9.96. The predicted molar refractivity (Wildman–Crippen MR) is 65.7 cm³/mol. The van der Waals surface area contributed by atoms with Gasteiger partial charge in [0.1, 0.15) is 12.7 Å². The first kappa shape index (κ1) is 17.8. The van der Waals surface area contributed by atoms with Gasteiger partial charge in [-0.1, -0.05) is 0 Å². The van der Waals surface area contributed by atoms with Crippen LogP contribution in [0.5, 0.6) is 0 Å². The number of esters is 2. The molecule has 10 heteroatoms. The summed E-state index contributed by atoms with van der Waals surface area (Å²) < 4.78 is 65.4. The van der Waals surface area contributed by atoms with Gasteiger partial charge in [0.25, 0.3) is 0 Å². The highest BCUT2D eigenvalue weighted by atomic mass is 32.2. The predicted octanol–water partition coefficient (Wildman–Crippen LogP) is 1.38. The zero-order valence-electron chi connectivity index (χ0n) is 11.0. The second kappa shape index (κ2) is 6.26. The minimum atomic E-state index is -5.04. The average Bonchev–Trinajstić information content (AvgIpc) is 2.36. The number of halogens is 3. The third-order valence-electron chi connectivity index (χ3n) is 2.40. The fourth-order valence-corrected chi connectivity index (χ4v) is 2.08. The van der Waals surface area contributed by atoms with Crippen LogP contribution in [0, 0.1) is 0 Å². The molecule has 0 aromatic heterocycles. The van der Waals surface area contributed by atoms with E-state index in [-0.39, 0.29) is 12.4 Å². The van der Waals surface area contributed by atoms with E-state index in [4.69, 9.17) is 0 Å². The number of hydrogen-bond acceptors (Lipinski definition) is 6. The van der Waals surface area contributed by atoms with Gasteiger partial charge < -0.3 is 9.53 Å². The summed E-state index contributed by atoms with van der Waals surface area (Å²) in [6.07, 6.45) is -5.02. The van der Waals surface area contributed by atoms with E-state index in [1.807, 2.05) is 0 Å². The Labute approximate surface area is 122 Å². The molecule has 0 heterocycles. The van der Waals surface area contributed by atoms with Crippen LogP contribution >= 0.6 is 0 Å². The largest absolute Gasteiger partial charge is 0.417 e. The van der Waals surface area contributed by atoms with Crippen molar-refractivity contribution in [2.75, 3.05) is 6.26 Å². The summed E-state index contributed by atoms with van der Waals surface area (Å²) in [4.78, 5) is 31.9. The molecule has 22 heavy (non-hydrogen) atoms. The highest BCUT2D eigenvalue weighted by Gasteiger charge is 2.37. The highest BCUT2D eigenvalue weighted by Crippen LogP contribution is 2.34. The molecule has 0 unspecified atom stereocenters. The molecule has 1 rings (SSSR count). The number of ether oxygens (including phenoxy) is 1. The van der Waals surface area contributed by atoms with Crippen molar-refractivity contribution >= 4 is 28.1 Å². The number of aldehydes is 1.